The molecule has 7 heteroatoms. The highest BCUT2D eigenvalue weighted by molar-refractivity contribution is 6.31. The van der Waals surface area contributed by atoms with E-state index in [2.05, 4.69) is 10.6 Å². The maximum Gasteiger partial charge on any atom is 0.258 e. The van der Waals surface area contributed by atoms with Gasteiger partial charge in [-0.1, -0.05) is 18.5 Å². The summed E-state index contributed by atoms with van der Waals surface area (Å²) in [6.45, 7) is 2.43. The van der Waals surface area contributed by atoms with Crippen molar-refractivity contribution in [2.75, 3.05) is 19.0 Å². The minimum atomic E-state index is -0.726. The number of hydrogen-bond donors (Lipinski definition) is 2. The normalized spacial score (nSPS) is 10.2. The van der Waals surface area contributed by atoms with Gasteiger partial charge >= 0.3 is 0 Å². The van der Waals surface area contributed by atoms with Crippen LogP contribution in [0.2, 0.25) is 5.02 Å². The number of carbonyl (C=O) groups excluding carboxylic acids is 2. The minimum absolute atomic E-state index is 0.166. The molecule has 2 aromatic carbocycles. The van der Waals surface area contributed by atoms with Crippen LogP contribution in [-0.2, 0) is 0 Å². The van der Waals surface area contributed by atoms with E-state index in [1.54, 1.807) is 6.07 Å². The molecular formula is C18H18ClFN2O3. The van der Waals surface area contributed by atoms with Crippen LogP contribution in [0.15, 0.2) is 36.4 Å². The topological polar surface area (TPSA) is 67.4 Å². The van der Waals surface area contributed by atoms with Crippen LogP contribution in [-0.4, -0.2) is 25.5 Å². The van der Waals surface area contributed by atoms with Gasteiger partial charge in [0.25, 0.3) is 11.8 Å². The fourth-order valence-corrected chi connectivity index (χ4v) is 2.32. The highest BCUT2D eigenvalue weighted by atomic mass is 35.5. The van der Waals surface area contributed by atoms with Crippen LogP contribution >= 0.6 is 11.6 Å². The number of hydrogen-bond acceptors (Lipinski definition) is 3. The molecule has 0 atom stereocenters. The van der Waals surface area contributed by atoms with Gasteiger partial charge in [0.2, 0.25) is 0 Å². The van der Waals surface area contributed by atoms with Gasteiger partial charge in [0, 0.05) is 17.6 Å². The Kier molecular flexibility index (Phi) is 6.36. The van der Waals surface area contributed by atoms with Crippen molar-refractivity contribution in [1.29, 1.82) is 0 Å². The van der Waals surface area contributed by atoms with Crippen molar-refractivity contribution < 1.29 is 18.7 Å². The second-order valence-electron chi connectivity index (χ2n) is 5.25. The van der Waals surface area contributed by atoms with Gasteiger partial charge in [0.15, 0.2) is 0 Å². The Balaban J connectivity index is 2.28. The molecule has 0 spiro atoms. The molecular weight excluding hydrogens is 347 g/mol. The molecule has 0 saturated heterocycles. The lowest BCUT2D eigenvalue weighted by atomic mass is 10.1. The molecule has 0 unspecified atom stereocenters. The van der Waals surface area contributed by atoms with Crippen molar-refractivity contribution in [3.8, 4) is 5.75 Å². The highest BCUT2D eigenvalue weighted by Crippen LogP contribution is 2.23. The van der Waals surface area contributed by atoms with Gasteiger partial charge in [0.1, 0.15) is 11.6 Å². The minimum Gasteiger partial charge on any atom is -0.497 e. The molecule has 0 radical (unpaired) electrons. The van der Waals surface area contributed by atoms with E-state index in [1.165, 1.54) is 31.4 Å². The van der Waals surface area contributed by atoms with Gasteiger partial charge in [0.05, 0.1) is 23.9 Å². The number of nitrogens with one attached hydrogen (secondary N) is 2. The molecule has 5 nitrogen and oxygen atoms in total. The summed E-state index contributed by atoms with van der Waals surface area (Å²) in [6, 6.07) is 8.40. The lowest BCUT2D eigenvalue weighted by Gasteiger charge is -2.12. The van der Waals surface area contributed by atoms with E-state index >= 15 is 0 Å². The Labute approximate surface area is 150 Å². The van der Waals surface area contributed by atoms with Crippen molar-refractivity contribution in [3.63, 3.8) is 0 Å². The SMILES string of the molecule is CCCNC(=O)c1ccc(Cl)cc1NC(=O)c1ccc(OC)cc1F. The monoisotopic (exact) mass is 364 g/mol. The first-order valence-corrected chi connectivity index (χ1v) is 8.06. The summed E-state index contributed by atoms with van der Waals surface area (Å²) < 4.78 is 19.0. The summed E-state index contributed by atoms with van der Waals surface area (Å²) in [5.41, 5.74) is 0.294. The Morgan fingerprint density at radius 1 is 1.12 bits per heavy atom. The molecule has 25 heavy (non-hydrogen) atoms. The van der Waals surface area contributed by atoms with Crippen LogP contribution in [0.1, 0.15) is 34.1 Å². The predicted molar refractivity (Wildman–Crippen MR) is 95.0 cm³/mol. The van der Waals surface area contributed by atoms with Gasteiger partial charge in [-0.05, 0) is 36.8 Å². The zero-order valence-electron chi connectivity index (χ0n) is 13.9. The third-order valence-electron chi connectivity index (χ3n) is 3.43. The van der Waals surface area contributed by atoms with Crippen molar-refractivity contribution in [1.82, 2.24) is 5.32 Å². The highest BCUT2D eigenvalue weighted by Gasteiger charge is 2.17. The van der Waals surface area contributed by atoms with E-state index in [-0.39, 0.29) is 22.7 Å². The summed E-state index contributed by atoms with van der Waals surface area (Å²) in [7, 11) is 1.40. The molecule has 0 aliphatic rings. The van der Waals surface area contributed by atoms with Crippen molar-refractivity contribution in [2.45, 2.75) is 13.3 Å². The smallest absolute Gasteiger partial charge is 0.258 e. The van der Waals surface area contributed by atoms with E-state index in [4.69, 9.17) is 16.3 Å². The molecule has 2 aromatic rings. The zero-order valence-corrected chi connectivity index (χ0v) is 14.6. The summed E-state index contributed by atoms with van der Waals surface area (Å²) in [5.74, 6) is -1.46. The Bertz CT molecular complexity index is 796. The molecule has 0 aliphatic carbocycles. The first-order valence-electron chi connectivity index (χ1n) is 7.69. The van der Waals surface area contributed by atoms with Crippen LogP contribution in [0, 0.1) is 5.82 Å². The molecule has 132 valence electrons. The fraction of sp³-hybridized carbons (Fsp3) is 0.222. The average Bonchev–Trinajstić information content (AvgIpc) is 2.59. The number of methoxy groups -OCH3 is 1. The number of carbonyl (C=O) groups is 2. The lowest BCUT2D eigenvalue weighted by Crippen LogP contribution is -2.26. The number of rotatable bonds is 6. The summed E-state index contributed by atoms with van der Waals surface area (Å²) >= 11 is 5.95. The quantitative estimate of drug-likeness (QED) is 0.817. The lowest BCUT2D eigenvalue weighted by molar-refractivity contribution is 0.0954. The third-order valence-corrected chi connectivity index (χ3v) is 3.67. The molecule has 2 N–H and O–H groups in total. The van der Waals surface area contributed by atoms with Crippen molar-refractivity contribution >= 4 is 29.1 Å². The van der Waals surface area contributed by atoms with Crippen LogP contribution in [0.4, 0.5) is 10.1 Å². The van der Waals surface area contributed by atoms with Gasteiger partial charge in [-0.3, -0.25) is 9.59 Å². The first kappa shape index (κ1) is 18.7. The van der Waals surface area contributed by atoms with E-state index in [1.807, 2.05) is 6.92 Å². The second kappa shape index (κ2) is 8.48. The number of benzene rings is 2. The van der Waals surface area contributed by atoms with E-state index in [0.717, 1.165) is 12.5 Å². The van der Waals surface area contributed by atoms with E-state index in [0.29, 0.717) is 17.3 Å². The Morgan fingerprint density at radius 2 is 1.84 bits per heavy atom. The number of anilines is 1. The maximum atomic E-state index is 14.0. The zero-order chi connectivity index (χ0) is 18.4. The second-order valence-corrected chi connectivity index (χ2v) is 5.68. The van der Waals surface area contributed by atoms with Gasteiger partial charge < -0.3 is 15.4 Å². The molecule has 0 heterocycles. The van der Waals surface area contributed by atoms with E-state index in [9.17, 15) is 14.0 Å². The van der Waals surface area contributed by atoms with Crippen LogP contribution in [0.3, 0.4) is 0 Å². The number of halogens is 2. The molecule has 0 aliphatic heterocycles. The summed E-state index contributed by atoms with van der Waals surface area (Å²) in [4.78, 5) is 24.6. The van der Waals surface area contributed by atoms with E-state index < -0.39 is 11.7 Å². The largest absolute Gasteiger partial charge is 0.497 e. The molecule has 0 bridgehead atoms. The Morgan fingerprint density at radius 3 is 2.48 bits per heavy atom. The molecule has 2 rings (SSSR count). The van der Waals surface area contributed by atoms with Crippen molar-refractivity contribution in [2.24, 2.45) is 0 Å². The standard InChI is InChI=1S/C18H18ClFN2O3/c1-3-8-21-17(23)14-6-4-11(19)9-16(14)22-18(24)13-7-5-12(25-2)10-15(13)20/h4-7,9-10H,3,8H2,1-2H3,(H,21,23)(H,22,24). The number of amides is 2. The molecule has 0 saturated carbocycles. The summed E-state index contributed by atoms with van der Waals surface area (Å²) in [6.07, 6.45) is 0.776. The van der Waals surface area contributed by atoms with Gasteiger partial charge in [-0.15, -0.1) is 0 Å². The summed E-state index contributed by atoms with van der Waals surface area (Å²) in [5, 5.41) is 5.61. The maximum absolute atomic E-state index is 14.0. The van der Waals surface area contributed by atoms with Crippen molar-refractivity contribution in [3.05, 3.63) is 58.4 Å². The van der Waals surface area contributed by atoms with Crippen LogP contribution < -0.4 is 15.4 Å². The predicted octanol–water partition coefficient (Wildman–Crippen LogP) is 3.88. The molecule has 2 amide bonds. The molecule has 0 aromatic heterocycles. The van der Waals surface area contributed by atoms with Crippen LogP contribution in [0.25, 0.3) is 0 Å². The Hall–Kier alpha value is -2.60. The van der Waals surface area contributed by atoms with Crippen LogP contribution in [0.5, 0.6) is 5.75 Å². The fourth-order valence-electron chi connectivity index (χ4n) is 2.15. The average molecular weight is 365 g/mol. The number of ether oxygens (including phenoxy) is 1. The molecule has 0 fully saturated rings. The third kappa shape index (κ3) is 4.70. The van der Waals surface area contributed by atoms with Gasteiger partial charge in [-0.25, -0.2) is 4.39 Å². The first-order chi connectivity index (χ1) is 12.0. The van der Waals surface area contributed by atoms with Gasteiger partial charge in [-0.2, -0.15) is 0 Å².